The topological polar surface area (TPSA) is 64.6 Å². The maximum absolute atomic E-state index is 13.6. The summed E-state index contributed by atoms with van der Waals surface area (Å²) in [4.78, 5) is 23.7. The lowest BCUT2D eigenvalue weighted by molar-refractivity contribution is -0.148. The average Bonchev–Trinajstić information content (AvgIpc) is 2.60. The molecule has 0 fully saturated rings. The summed E-state index contributed by atoms with van der Waals surface area (Å²) in [5.74, 6) is -1.55. The van der Waals surface area contributed by atoms with Crippen LogP contribution in [0.5, 0.6) is 5.75 Å². The number of ether oxygens (including phenoxy) is 2. The average molecular weight is 380 g/mol. The van der Waals surface area contributed by atoms with Crippen LogP contribution < -0.4 is 10.1 Å². The van der Waals surface area contributed by atoms with E-state index in [1.165, 1.54) is 19.2 Å². The van der Waals surface area contributed by atoms with E-state index in [-0.39, 0.29) is 18.2 Å². The minimum absolute atomic E-state index is 0.0926. The summed E-state index contributed by atoms with van der Waals surface area (Å²) in [5.41, 5.74) is 1.20. The number of amides is 1. The zero-order valence-corrected chi connectivity index (χ0v) is 15.2. The molecule has 1 N–H and O–H groups in total. The molecule has 2 rings (SSSR count). The molecule has 0 aliphatic carbocycles. The summed E-state index contributed by atoms with van der Waals surface area (Å²) in [6.45, 7) is 1.35. The van der Waals surface area contributed by atoms with Crippen LogP contribution in [0.15, 0.2) is 42.5 Å². The highest BCUT2D eigenvalue weighted by Crippen LogP contribution is 2.22. The second-order valence-corrected chi connectivity index (χ2v) is 6.02. The molecule has 0 aliphatic heterocycles. The molecule has 1 atom stereocenters. The van der Waals surface area contributed by atoms with Gasteiger partial charge in [-0.3, -0.25) is 9.59 Å². The quantitative estimate of drug-likeness (QED) is 0.748. The van der Waals surface area contributed by atoms with Crippen molar-refractivity contribution >= 4 is 23.5 Å². The molecule has 1 amide bonds. The Kier molecular flexibility index (Phi) is 6.97. The van der Waals surface area contributed by atoms with Crippen molar-refractivity contribution in [3.05, 3.63) is 64.4 Å². The van der Waals surface area contributed by atoms with Crippen molar-refractivity contribution in [2.24, 2.45) is 0 Å². The maximum atomic E-state index is 13.6. The maximum Gasteiger partial charge on any atom is 0.310 e. The van der Waals surface area contributed by atoms with Gasteiger partial charge in [0.15, 0.2) is 18.2 Å². The monoisotopic (exact) mass is 379 g/mol. The summed E-state index contributed by atoms with van der Waals surface area (Å²) in [6, 6.07) is 11.0. The van der Waals surface area contributed by atoms with Gasteiger partial charge in [0.2, 0.25) is 0 Å². The predicted molar refractivity (Wildman–Crippen MR) is 95.6 cm³/mol. The molecule has 138 valence electrons. The fourth-order valence-electron chi connectivity index (χ4n) is 2.37. The number of hydrogen-bond acceptors (Lipinski definition) is 4. The van der Waals surface area contributed by atoms with Crippen LogP contribution >= 0.6 is 11.6 Å². The SMILES string of the molecule is COc1ccc(CC(=O)OCC(=O)N[C@@H](C)c2ccccc2Cl)cc1F. The molecule has 26 heavy (non-hydrogen) atoms. The van der Waals surface area contributed by atoms with E-state index in [1.807, 2.05) is 6.07 Å². The third kappa shape index (κ3) is 5.46. The molecular formula is C19H19ClFNO4. The Morgan fingerprint density at radius 2 is 1.96 bits per heavy atom. The van der Waals surface area contributed by atoms with Gasteiger partial charge in [-0.25, -0.2) is 4.39 Å². The normalized spacial score (nSPS) is 11.5. The van der Waals surface area contributed by atoms with Gasteiger partial charge in [0.1, 0.15) is 0 Å². The van der Waals surface area contributed by atoms with Crippen LogP contribution in [0.1, 0.15) is 24.1 Å². The Morgan fingerprint density at radius 3 is 2.62 bits per heavy atom. The van der Waals surface area contributed by atoms with Gasteiger partial charge in [-0.15, -0.1) is 0 Å². The first-order valence-corrected chi connectivity index (χ1v) is 8.30. The second-order valence-electron chi connectivity index (χ2n) is 5.62. The molecule has 2 aromatic carbocycles. The number of carbonyl (C=O) groups excluding carboxylic acids is 2. The Morgan fingerprint density at radius 1 is 1.23 bits per heavy atom. The third-order valence-corrected chi connectivity index (χ3v) is 4.02. The van der Waals surface area contributed by atoms with E-state index in [0.717, 1.165) is 5.56 Å². The van der Waals surface area contributed by atoms with Gasteiger partial charge in [-0.1, -0.05) is 35.9 Å². The van der Waals surface area contributed by atoms with Crippen LogP contribution in [0.2, 0.25) is 5.02 Å². The molecule has 0 heterocycles. The lowest BCUT2D eigenvalue weighted by Crippen LogP contribution is -2.31. The number of rotatable bonds is 7. The molecule has 2 aromatic rings. The van der Waals surface area contributed by atoms with Gasteiger partial charge < -0.3 is 14.8 Å². The van der Waals surface area contributed by atoms with Crippen molar-refractivity contribution in [3.8, 4) is 5.75 Å². The molecule has 0 spiro atoms. The van der Waals surface area contributed by atoms with E-state index in [2.05, 4.69) is 5.32 Å². The van der Waals surface area contributed by atoms with Crippen LogP contribution in [0.3, 0.4) is 0 Å². The molecule has 0 saturated heterocycles. The van der Waals surface area contributed by atoms with Crippen LogP contribution in [-0.4, -0.2) is 25.6 Å². The van der Waals surface area contributed by atoms with Crippen LogP contribution in [0.25, 0.3) is 0 Å². The van der Waals surface area contributed by atoms with Crippen molar-refractivity contribution in [2.75, 3.05) is 13.7 Å². The first-order chi connectivity index (χ1) is 12.4. The highest BCUT2D eigenvalue weighted by atomic mass is 35.5. The number of methoxy groups -OCH3 is 1. The number of esters is 1. The number of benzene rings is 2. The summed E-state index contributed by atoms with van der Waals surface area (Å²) in [5, 5.41) is 3.24. The van der Waals surface area contributed by atoms with E-state index in [1.54, 1.807) is 31.2 Å². The highest BCUT2D eigenvalue weighted by Gasteiger charge is 2.14. The lowest BCUT2D eigenvalue weighted by Gasteiger charge is -2.15. The van der Waals surface area contributed by atoms with Crippen molar-refractivity contribution < 1.29 is 23.5 Å². The van der Waals surface area contributed by atoms with Gasteiger partial charge in [-0.05, 0) is 36.2 Å². The van der Waals surface area contributed by atoms with Crippen molar-refractivity contribution in [2.45, 2.75) is 19.4 Å². The molecular weight excluding hydrogens is 361 g/mol. The van der Waals surface area contributed by atoms with Crippen LogP contribution in [0, 0.1) is 5.82 Å². The first kappa shape index (κ1) is 19.7. The molecule has 0 radical (unpaired) electrons. The van der Waals surface area contributed by atoms with E-state index >= 15 is 0 Å². The Hall–Kier alpha value is -2.60. The minimum atomic E-state index is -0.630. The van der Waals surface area contributed by atoms with Gasteiger partial charge in [0, 0.05) is 5.02 Å². The smallest absolute Gasteiger partial charge is 0.310 e. The van der Waals surface area contributed by atoms with Gasteiger partial charge in [-0.2, -0.15) is 0 Å². The van der Waals surface area contributed by atoms with E-state index < -0.39 is 24.3 Å². The van der Waals surface area contributed by atoms with E-state index in [4.69, 9.17) is 21.1 Å². The van der Waals surface area contributed by atoms with Crippen molar-refractivity contribution in [3.63, 3.8) is 0 Å². The molecule has 0 unspecified atom stereocenters. The van der Waals surface area contributed by atoms with Crippen LogP contribution in [0.4, 0.5) is 4.39 Å². The zero-order chi connectivity index (χ0) is 19.1. The fourth-order valence-corrected chi connectivity index (χ4v) is 2.67. The number of nitrogens with one attached hydrogen (secondary N) is 1. The lowest BCUT2D eigenvalue weighted by atomic mass is 10.1. The summed E-state index contributed by atoms with van der Waals surface area (Å²) in [6.07, 6.45) is -0.145. The first-order valence-electron chi connectivity index (χ1n) is 7.92. The Labute approximate surface area is 156 Å². The van der Waals surface area contributed by atoms with Gasteiger partial charge >= 0.3 is 5.97 Å². The third-order valence-electron chi connectivity index (χ3n) is 3.68. The number of halogens is 2. The summed E-state index contributed by atoms with van der Waals surface area (Å²) >= 11 is 6.08. The number of hydrogen-bond donors (Lipinski definition) is 1. The van der Waals surface area contributed by atoms with Crippen LogP contribution in [-0.2, 0) is 20.7 Å². The summed E-state index contributed by atoms with van der Waals surface area (Å²) in [7, 11) is 1.36. The highest BCUT2D eigenvalue weighted by molar-refractivity contribution is 6.31. The fraction of sp³-hybridized carbons (Fsp3) is 0.263. The molecule has 0 aromatic heterocycles. The van der Waals surface area contributed by atoms with Gasteiger partial charge in [0.25, 0.3) is 5.91 Å². The predicted octanol–water partition coefficient (Wildman–Crippen LogP) is 3.45. The van der Waals surface area contributed by atoms with E-state index in [9.17, 15) is 14.0 Å². The molecule has 7 heteroatoms. The summed E-state index contributed by atoms with van der Waals surface area (Å²) < 4.78 is 23.3. The van der Waals surface area contributed by atoms with E-state index in [0.29, 0.717) is 10.6 Å². The largest absolute Gasteiger partial charge is 0.494 e. The zero-order valence-electron chi connectivity index (χ0n) is 14.4. The Balaban J connectivity index is 1.82. The molecule has 0 saturated carbocycles. The van der Waals surface area contributed by atoms with Crippen molar-refractivity contribution in [1.29, 1.82) is 0 Å². The minimum Gasteiger partial charge on any atom is -0.494 e. The molecule has 5 nitrogen and oxygen atoms in total. The molecule has 0 bridgehead atoms. The number of carbonyl (C=O) groups is 2. The van der Waals surface area contributed by atoms with Crippen molar-refractivity contribution in [1.82, 2.24) is 5.32 Å². The molecule has 0 aliphatic rings. The Bertz CT molecular complexity index is 797. The van der Waals surface area contributed by atoms with Gasteiger partial charge in [0.05, 0.1) is 19.6 Å². The second kappa shape index (κ2) is 9.20. The standard InChI is InChI=1S/C19H19ClFNO4/c1-12(14-5-3-4-6-15(14)20)22-18(23)11-26-19(24)10-13-7-8-17(25-2)16(21)9-13/h3-9,12H,10-11H2,1-2H3,(H,22,23)/t12-/m0/s1.